The van der Waals surface area contributed by atoms with Gasteiger partial charge in [0.15, 0.2) is 0 Å². The Morgan fingerprint density at radius 1 is 0.581 bits per heavy atom. The average Bonchev–Trinajstić information content (AvgIpc) is 2.83. The third-order valence-corrected chi connectivity index (χ3v) is 28.3. The summed E-state index contributed by atoms with van der Waals surface area (Å²) >= 11 is 2.33. The Hall–Kier alpha value is -0.317. The van der Waals surface area contributed by atoms with E-state index in [9.17, 15) is 0 Å². The van der Waals surface area contributed by atoms with Gasteiger partial charge in [-0.1, -0.05) is 0 Å². The van der Waals surface area contributed by atoms with Crippen LogP contribution in [-0.4, -0.2) is 22.4 Å². The summed E-state index contributed by atoms with van der Waals surface area (Å²) in [6.45, 7) is 4.41. The van der Waals surface area contributed by atoms with Crippen molar-refractivity contribution in [2.75, 3.05) is 9.17 Å². The molecular formula is C28H40GeS2. The average molecular weight is 513 g/mol. The second kappa shape index (κ2) is 11.7. The van der Waals surface area contributed by atoms with Crippen molar-refractivity contribution in [3.8, 4) is 0 Å². The van der Waals surface area contributed by atoms with Crippen molar-refractivity contribution >= 4 is 36.8 Å². The van der Waals surface area contributed by atoms with E-state index >= 15 is 0 Å². The van der Waals surface area contributed by atoms with Gasteiger partial charge >= 0.3 is 203 Å². The molecule has 2 saturated carbocycles. The predicted octanol–water partition coefficient (Wildman–Crippen LogP) is 9.38. The van der Waals surface area contributed by atoms with Crippen LogP contribution in [0.15, 0.2) is 58.3 Å². The van der Waals surface area contributed by atoms with E-state index < -0.39 is 13.3 Å². The third-order valence-electron chi connectivity index (χ3n) is 7.89. The second-order valence-corrected chi connectivity index (χ2v) is 24.4. The van der Waals surface area contributed by atoms with Gasteiger partial charge in [-0.2, -0.15) is 0 Å². The van der Waals surface area contributed by atoms with Gasteiger partial charge in [-0.3, -0.25) is 0 Å². The topological polar surface area (TPSA) is 0 Å². The van der Waals surface area contributed by atoms with E-state index in [2.05, 4.69) is 85.9 Å². The third kappa shape index (κ3) is 6.39. The van der Waals surface area contributed by atoms with E-state index in [1.807, 2.05) is 0 Å². The number of aryl methyl sites for hydroxylation is 2. The van der Waals surface area contributed by atoms with Crippen molar-refractivity contribution in [2.24, 2.45) is 0 Å². The molecule has 2 fully saturated rings. The fourth-order valence-corrected chi connectivity index (χ4v) is 29.6. The number of hydrogen-bond acceptors (Lipinski definition) is 2. The van der Waals surface area contributed by atoms with E-state index in [-0.39, 0.29) is 0 Å². The Morgan fingerprint density at radius 2 is 0.935 bits per heavy atom. The van der Waals surface area contributed by atoms with Gasteiger partial charge in [0.25, 0.3) is 0 Å². The van der Waals surface area contributed by atoms with Crippen molar-refractivity contribution in [3.05, 3.63) is 59.7 Å². The summed E-state index contributed by atoms with van der Waals surface area (Å²) < 4.78 is 5.15. The molecule has 0 aromatic heterocycles. The molecule has 0 nitrogen and oxygen atoms in total. The molecule has 0 unspecified atom stereocenters. The van der Waals surface area contributed by atoms with Crippen molar-refractivity contribution < 1.29 is 0 Å². The van der Waals surface area contributed by atoms with E-state index in [0.717, 1.165) is 9.50 Å². The quantitative estimate of drug-likeness (QED) is 0.255. The van der Waals surface area contributed by atoms with Gasteiger partial charge < -0.3 is 0 Å². The molecule has 2 aliphatic carbocycles. The van der Waals surface area contributed by atoms with Crippen LogP contribution in [0.3, 0.4) is 0 Å². The van der Waals surface area contributed by atoms with Gasteiger partial charge in [-0.05, 0) is 0 Å². The first-order valence-corrected chi connectivity index (χ1v) is 19.9. The van der Waals surface area contributed by atoms with Gasteiger partial charge in [-0.15, -0.1) is 0 Å². The molecule has 0 heterocycles. The summed E-state index contributed by atoms with van der Waals surface area (Å²) in [5.74, 6) is 0. The molecule has 0 saturated heterocycles. The van der Waals surface area contributed by atoms with Crippen molar-refractivity contribution in [2.45, 2.75) is 97.3 Å². The zero-order valence-corrected chi connectivity index (χ0v) is 23.3. The molecule has 0 atom stereocenters. The molecule has 2 aromatic carbocycles. The SMILES string of the molecule is Cc1ccc(S[CH2][Ge]([CH2]Sc2ccc(C)cc2)([CH]2CCCCC2)[CH]2CCCCC2)cc1. The zero-order chi connectivity index (χ0) is 21.5. The minimum atomic E-state index is -2.13. The summed E-state index contributed by atoms with van der Waals surface area (Å²) in [6, 6.07) is 18.7. The normalized spacial score (nSPS) is 18.9. The van der Waals surface area contributed by atoms with E-state index in [1.54, 1.807) is 25.7 Å². The summed E-state index contributed by atoms with van der Waals surface area (Å²) in [7, 11) is 0. The molecule has 0 N–H and O–H groups in total. The van der Waals surface area contributed by atoms with Crippen molar-refractivity contribution in [1.29, 1.82) is 0 Å². The Bertz CT molecular complexity index is 717. The van der Waals surface area contributed by atoms with Crippen LogP contribution in [0.4, 0.5) is 0 Å². The number of hydrogen-bond donors (Lipinski definition) is 0. The van der Waals surface area contributed by atoms with Crippen LogP contribution in [-0.2, 0) is 0 Å². The van der Waals surface area contributed by atoms with Crippen LogP contribution in [0.25, 0.3) is 0 Å². The molecule has 3 heteroatoms. The molecule has 2 aliphatic rings. The molecule has 0 bridgehead atoms. The van der Waals surface area contributed by atoms with Gasteiger partial charge in [-0.25, -0.2) is 0 Å². The molecule has 0 amide bonds. The molecule has 4 rings (SSSR count). The van der Waals surface area contributed by atoms with Crippen LogP contribution in [0.1, 0.15) is 75.3 Å². The van der Waals surface area contributed by atoms with Crippen molar-refractivity contribution in [3.63, 3.8) is 0 Å². The number of thioether (sulfide) groups is 2. The first kappa shape index (κ1) is 23.8. The minimum absolute atomic E-state index is 1.09. The zero-order valence-electron chi connectivity index (χ0n) is 19.6. The Kier molecular flexibility index (Phi) is 8.99. The fraction of sp³-hybridized carbons (Fsp3) is 0.571. The van der Waals surface area contributed by atoms with Gasteiger partial charge in [0.2, 0.25) is 0 Å². The summed E-state index contributed by atoms with van der Waals surface area (Å²) in [5.41, 5.74) is 2.76. The maximum atomic E-state index is 2.38. The monoisotopic (exact) mass is 514 g/mol. The first-order chi connectivity index (χ1) is 15.2. The van der Waals surface area contributed by atoms with Crippen LogP contribution in [0.5, 0.6) is 0 Å². The molecule has 0 spiro atoms. The number of rotatable bonds is 8. The molecule has 0 aliphatic heterocycles. The molecule has 2 aromatic rings. The second-order valence-electron chi connectivity index (χ2n) is 10.1. The summed E-state index contributed by atoms with van der Waals surface area (Å²) in [6.07, 6.45) is 15.1. The molecule has 168 valence electrons. The van der Waals surface area contributed by atoms with Crippen molar-refractivity contribution in [1.82, 2.24) is 0 Å². The van der Waals surface area contributed by atoms with E-state index in [4.69, 9.17) is 0 Å². The summed E-state index contributed by atoms with van der Waals surface area (Å²) in [5, 5.41) is 0. The van der Waals surface area contributed by atoms with Crippen LogP contribution >= 0.6 is 23.5 Å². The van der Waals surface area contributed by atoms with E-state index in [0.29, 0.717) is 0 Å². The van der Waals surface area contributed by atoms with Crippen LogP contribution in [0, 0.1) is 13.8 Å². The van der Waals surface area contributed by atoms with Crippen LogP contribution in [0.2, 0.25) is 9.50 Å². The molecule has 0 radical (unpaired) electrons. The van der Waals surface area contributed by atoms with Gasteiger partial charge in [0, 0.05) is 0 Å². The summed E-state index contributed by atoms with van der Waals surface area (Å²) in [4.78, 5) is 3.01. The Balaban J connectivity index is 1.60. The van der Waals surface area contributed by atoms with E-state index in [1.165, 1.54) is 68.6 Å². The van der Waals surface area contributed by atoms with Crippen LogP contribution < -0.4 is 0 Å². The predicted molar refractivity (Wildman–Crippen MR) is 143 cm³/mol. The Labute approximate surface area is 202 Å². The standard InChI is InChI=1S/C28H40GeS2/c1-23-13-17-27(18-14-23)30-21-29(25-9-5-3-6-10-25,26-11-7-4-8-12-26)22-31-28-19-15-24(2)16-20-28/h13-20,25-26H,3-12,21-22H2,1-2H3. The molecule has 31 heavy (non-hydrogen) atoms. The first-order valence-electron chi connectivity index (χ1n) is 12.5. The molecular weight excluding hydrogens is 473 g/mol. The van der Waals surface area contributed by atoms with Gasteiger partial charge in [0.1, 0.15) is 0 Å². The van der Waals surface area contributed by atoms with Gasteiger partial charge in [0.05, 0.1) is 0 Å². The number of benzene rings is 2. The fourth-order valence-electron chi connectivity index (χ4n) is 5.91. The Morgan fingerprint density at radius 3 is 1.29 bits per heavy atom. The maximum absolute atomic E-state index is 2.38.